The highest BCUT2D eigenvalue weighted by Crippen LogP contribution is 2.33. The van der Waals surface area contributed by atoms with Crippen LogP contribution in [-0.4, -0.2) is 42.9 Å². The van der Waals surface area contributed by atoms with Gasteiger partial charge in [-0.2, -0.15) is 0 Å². The van der Waals surface area contributed by atoms with Gasteiger partial charge in [-0.3, -0.25) is 4.79 Å². The summed E-state index contributed by atoms with van der Waals surface area (Å²) < 4.78 is 16.5. The van der Waals surface area contributed by atoms with Gasteiger partial charge in [0.15, 0.2) is 11.5 Å². The van der Waals surface area contributed by atoms with E-state index in [1.807, 2.05) is 23.1 Å². The van der Waals surface area contributed by atoms with Gasteiger partial charge in [0.05, 0.1) is 18.8 Å². The van der Waals surface area contributed by atoms with Crippen LogP contribution in [0.4, 0.5) is 0 Å². The predicted octanol–water partition coefficient (Wildman–Crippen LogP) is 2.13. The van der Waals surface area contributed by atoms with Gasteiger partial charge in [0.1, 0.15) is 0 Å². The number of hydrogen-bond acceptors (Lipinski definition) is 4. The Bertz CT molecular complexity index is 574. The molecule has 1 aromatic rings. The van der Waals surface area contributed by atoms with Crippen LogP contribution in [0, 0.1) is 0 Å². The first-order valence-corrected chi connectivity index (χ1v) is 8.11. The van der Waals surface area contributed by atoms with Crippen LogP contribution in [0.15, 0.2) is 18.2 Å². The molecule has 1 aromatic carbocycles. The van der Waals surface area contributed by atoms with Gasteiger partial charge in [-0.1, -0.05) is 6.07 Å². The summed E-state index contributed by atoms with van der Waals surface area (Å²) in [5, 5.41) is 0. The average Bonchev–Trinajstić information content (AvgIpc) is 3.20. The van der Waals surface area contributed by atoms with Crippen LogP contribution in [0.1, 0.15) is 31.2 Å². The molecule has 1 saturated carbocycles. The number of hydrogen-bond donors (Lipinski definition) is 0. The highest BCUT2D eigenvalue weighted by atomic mass is 16.7. The van der Waals surface area contributed by atoms with Crippen LogP contribution < -0.4 is 9.47 Å². The molecule has 1 aliphatic carbocycles. The number of nitrogens with zero attached hydrogens (tertiary/aromatic N) is 1. The summed E-state index contributed by atoms with van der Waals surface area (Å²) in [6, 6.07) is 6.22. The van der Waals surface area contributed by atoms with Crippen molar-refractivity contribution in [2.45, 2.75) is 44.2 Å². The van der Waals surface area contributed by atoms with E-state index in [4.69, 9.17) is 14.2 Å². The number of fused-ring (bicyclic) bond motifs is 2. The maximum Gasteiger partial charge on any atom is 0.231 e. The fourth-order valence-electron chi connectivity index (χ4n) is 3.73. The Morgan fingerprint density at radius 3 is 3.09 bits per heavy atom. The maximum absolute atomic E-state index is 12.6. The Kier molecular flexibility index (Phi) is 3.66. The van der Waals surface area contributed by atoms with E-state index >= 15 is 0 Å². The number of morpholine rings is 1. The normalized spacial score (nSPS) is 26.1. The number of amides is 1. The highest BCUT2D eigenvalue weighted by molar-refractivity contribution is 5.77. The molecule has 5 heteroatoms. The number of carbonyl (C=O) groups is 1. The van der Waals surface area contributed by atoms with E-state index in [0.717, 1.165) is 42.9 Å². The molecule has 2 aliphatic heterocycles. The van der Waals surface area contributed by atoms with Gasteiger partial charge < -0.3 is 19.1 Å². The molecular formula is C17H21NO4. The second kappa shape index (κ2) is 5.80. The monoisotopic (exact) mass is 303 g/mol. The number of rotatable bonds is 3. The molecule has 3 aliphatic rings. The minimum atomic E-state index is 0.248. The molecule has 0 aromatic heterocycles. The molecule has 5 nitrogen and oxygen atoms in total. The lowest BCUT2D eigenvalue weighted by atomic mass is 10.1. The first-order valence-electron chi connectivity index (χ1n) is 8.11. The molecule has 0 N–H and O–H groups in total. The molecule has 2 atom stereocenters. The van der Waals surface area contributed by atoms with Gasteiger partial charge >= 0.3 is 0 Å². The quantitative estimate of drug-likeness (QED) is 0.858. The van der Waals surface area contributed by atoms with E-state index in [1.165, 1.54) is 6.42 Å². The minimum Gasteiger partial charge on any atom is -0.454 e. The number of ether oxygens (including phenoxy) is 3. The standard InChI is InChI=1S/C17H21NO4/c19-17(18-8-9-20-14-3-1-2-13(14)18)7-5-12-4-6-15-16(10-12)22-11-21-15/h4,6,10,13-14H,1-3,5,7-9,11H2/t13-,14+/m1/s1. The molecule has 1 saturated heterocycles. The molecule has 0 bridgehead atoms. The Morgan fingerprint density at radius 2 is 2.14 bits per heavy atom. The van der Waals surface area contributed by atoms with E-state index < -0.39 is 0 Å². The number of aryl methyl sites for hydroxylation is 1. The third-order valence-corrected chi connectivity index (χ3v) is 4.87. The van der Waals surface area contributed by atoms with Crippen LogP contribution in [0.2, 0.25) is 0 Å². The van der Waals surface area contributed by atoms with Crippen molar-refractivity contribution in [1.29, 1.82) is 0 Å². The van der Waals surface area contributed by atoms with Gasteiger partial charge in [0.2, 0.25) is 12.7 Å². The van der Waals surface area contributed by atoms with E-state index in [-0.39, 0.29) is 18.8 Å². The van der Waals surface area contributed by atoms with Crippen molar-refractivity contribution < 1.29 is 19.0 Å². The molecule has 4 rings (SSSR count). The van der Waals surface area contributed by atoms with E-state index in [0.29, 0.717) is 19.1 Å². The summed E-state index contributed by atoms with van der Waals surface area (Å²) in [5.41, 5.74) is 1.12. The van der Waals surface area contributed by atoms with Gasteiger partial charge in [-0.15, -0.1) is 0 Å². The largest absolute Gasteiger partial charge is 0.454 e. The van der Waals surface area contributed by atoms with Crippen LogP contribution in [-0.2, 0) is 16.0 Å². The fraction of sp³-hybridized carbons (Fsp3) is 0.588. The summed E-state index contributed by atoms with van der Waals surface area (Å²) >= 11 is 0. The summed E-state index contributed by atoms with van der Waals surface area (Å²) in [5.74, 6) is 1.82. The van der Waals surface area contributed by atoms with Crippen LogP contribution in [0.25, 0.3) is 0 Å². The van der Waals surface area contributed by atoms with E-state index in [2.05, 4.69) is 0 Å². The predicted molar refractivity (Wildman–Crippen MR) is 80.0 cm³/mol. The second-order valence-corrected chi connectivity index (χ2v) is 6.18. The summed E-state index contributed by atoms with van der Waals surface area (Å²) in [4.78, 5) is 14.6. The van der Waals surface area contributed by atoms with Crippen LogP contribution in [0.5, 0.6) is 11.5 Å². The molecule has 0 radical (unpaired) electrons. The lowest BCUT2D eigenvalue weighted by Crippen LogP contribution is -2.51. The molecule has 1 amide bonds. The molecular weight excluding hydrogens is 282 g/mol. The van der Waals surface area contributed by atoms with Crippen molar-refractivity contribution in [2.24, 2.45) is 0 Å². The lowest BCUT2D eigenvalue weighted by Gasteiger charge is -2.37. The van der Waals surface area contributed by atoms with Gasteiger partial charge in [0.25, 0.3) is 0 Å². The maximum atomic E-state index is 12.6. The first-order chi connectivity index (χ1) is 10.8. The SMILES string of the molecule is O=C(CCc1ccc2c(c1)OCO2)N1CCO[C@H]2CCC[C@H]21. The lowest BCUT2D eigenvalue weighted by molar-refractivity contribution is -0.143. The first kappa shape index (κ1) is 13.9. The Morgan fingerprint density at radius 1 is 1.23 bits per heavy atom. The molecule has 0 unspecified atom stereocenters. The summed E-state index contributed by atoms with van der Waals surface area (Å²) in [7, 11) is 0. The Balaban J connectivity index is 1.38. The van der Waals surface area contributed by atoms with E-state index in [9.17, 15) is 4.79 Å². The van der Waals surface area contributed by atoms with Crippen LogP contribution in [0.3, 0.4) is 0 Å². The highest BCUT2D eigenvalue weighted by Gasteiger charge is 2.37. The van der Waals surface area contributed by atoms with Crippen molar-refractivity contribution in [3.05, 3.63) is 23.8 Å². The topological polar surface area (TPSA) is 48.0 Å². The van der Waals surface area contributed by atoms with Crippen molar-refractivity contribution in [3.8, 4) is 11.5 Å². The smallest absolute Gasteiger partial charge is 0.231 e. The molecule has 0 spiro atoms. The number of carbonyl (C=O) groups excluding carboxylic acids is 1. The van der Waals surface area contributed by atoms with Gasteiger partial charge in [-0.25, -0.2) is 0 Å². The minimum absolute atomic E-state index is 0.248. The Hall–Kier alpha value is -1.75. The van der Waals surface area contributed by atoms with Gasteiger partial charge in [0, 0.05) is 13.0 Å². The molecule has 118 valence electrons. The van der Waals surface area contributed by atoms with Crippen molar-refractivity contribution in [3.63, 3.8) is 0 Å². The average molecular weight is 303 g/mol. The van der Waals surface area contributed by atoms with E-state index in [1.54, 1.807) is 0 Å². The zero-order chi connectivity index (χ0) is 14.9. The van der Waals surface area contributed by atoms with Crippen molar-refractivity contribution in [2.75, 3.05) is 19.9 Å². The second-order valence-electron chi connectivity index (χ2n) is 6.18. The van der Waals surface area contributed by atoms with Crippen molar-refractivity contribution >= 4 is 5.91 Å². The molecule has 22 heavy (non-hydrogen) atoms. The summed E-state index contributed by atoms with van der Waals surface area (Å²) in [6.07, 6.45) is 4.90. The summed E-state index contributed by atoms with van der Waals surface area (Å²) in [6.45, 7) is 1.70. The third kappa shape index (κ3) is 2.54. The van der Waals surface area contributed by atoms with Crippen LogP contribution >= 0.6 is 0 Å². The Labute approximate surface area is 130 Å². The molecule has 2 heterocycles. The zero-order valence-corrected chi connectivity index (χ0v) is 12.6. The molecule has 2 fully saturated rings. The fourth-order valence-corrected chi connectivity index (χ4v) is 3.73. The van der Waals surface area contributed by atoms with Gasteiger partial charge in [-0.05, 0) is 43.4 Å². The zero-order valence-electron chi connectivity index (χ0n) is 12.6. The van der Waals surface area contributed by atoms with Crippen molar-refractivity contribution in [1.82, 2.24) is 4.90 Å². The third-order valence-electron chi connectivity index (χ3n) is 4.87. The number of benzene rings is 1.